The Morgan fingerprint density at radius 1 is 1.36 bits per heavy atom. The van der Waals surface area contributed by atoms with Crippen LogP contribution in [0.3, 0.4) is 0 Å². The molecule has 1 aromatic heterocycles. The van der Waals surface area contributed by atoms with E-state index in [0.717, 1.165) is 36.8 Å². The third-order valence-electron chi connectivity index (χ3n) is 4.22. The molecule has 2 N–H and O–H groups in total. The smallest absolute Gasteiger partial charge is 0.213 e. The number of nitrogens with one attached hydrogen (secondary N) is 2. The molecule has 2 heterocycles. The second kappa shape index (κ2) is 9.49. The minimum atomic E-state index is -3.08. The van der Waals surface area contributed by atoms with Crippen molar-refractivity contribution in [2.24, 2.45) is 4.99 Å². The molecule has 0 unspecified atom stereocenters. The van der Waals surface area contributed by atoms with E-state index >= 15 is 0 Å². The number of aryl methyl sites for hydroxylation is 1. The molecular formula is C16H29N5O2S2. The molecule has 9 heteroatoms. The first-order valence-electron chi connectivity index (χ1n) is 8.94. The van der Waals surface area contributed by atoms with Gasteiger partial charge in [0.05, 0.1) is 12.3 Å². The summed E-state index contributed by atoms with van der Waals surface area (Å²) in [6, 6.07) is 0.239. The van der Waals surface area contributed by atoms with Gasteiger partial charge in [-0.2, -0.15) is 0 Å². The van der Waals surface area contributed by atoms with Crippen molar-refractivity contribution in [3.8, 4) is 0 Å². The molecule has 0 amide bonds. The van der Waals surface area contributed by atoms with E-state index in [2.05, 4.69) is 27.5 Å². The maximum absolute atomic E-state index is 11.9. The van der Waals surface area contributed by atoms with Gasteiger partial charge in [0.15, 0.2) is 5.96 Å². The molecule has 1 fully saturated rings. The Balaban J connectivity index is 1.90. The SMILES string of the molecule is CCNC(=NCc1ncc(CC)s1)NC1CCN(S(=O)(=O)CC)CC1. The molecule has 0 bridgehead atoms. The van der Waals surface area contributed by atoms with Gasteiger partial charge in [-0.1, -0.05) is 6.92 Å². The van der Waals surface area contributed by atoms with E-state index in [0.29, 0.717) is 19.6 Å². The minimum Gasteiger partial charge on any atom is -0.357 e. The average molecular weight is 388 g/mol. The Bertz CT molecular complexity index is 664. The van der Waals surface area contributed by atoms with Gasteiger partial charge in [0, 0.05) is 36.8 Å². The lowest BCUT2D eigenvalue weighted by molar-refractivity contribution is 0.306. The van der Waals surface area contributed by atoms with Crippen LogP contribution in [-0.4, -0.2) is 55.1 Å². The Morgan fingerprint density at radius 3 is 2.64 bits per heavy atom. The first-order chi connectivity index (χ1) is 12.0. The second-order valence-electron chi connectivity index (χ2n) is 5.99. The molecule has 2 rings (SSSR count). The van der Waals surface area contributed by atoms with Crippen LogP contribution >= 0.6 is 11.3 Å². The minimum absolute atomic E-state index is 0.169. The van der Waals surface area contributed by atoms with E-state index in [9.17, 15) is 8.42 Å². The summed E-state index contributed by atoms with van der Waals surface area (Å²) >= 11 is 1.70. The highest BCUT2D eigenvalue weighted by Gasteiger charge is 2.26. The number of thiazole rings is 1. The lowest BCUT2D eigenvalue weighted by atomic mass is 10.1. The Hall–Kier alpha value is -1.19. The molecule has 0 saturated carbocycles. The summed E-state index contributed by atoms with van der Waals surface area (Å²) in [5.41, 5.74) is 0. The van der Waals surface area contributed by atoms with Crippen LogP contribution in [0.15, 0.2) is 11.2 Å². The lowest BCUT2D eigenvalue weighted by Crippen LogP contribution is -2.50. The molecule has 7 nitrogen and oxygen atoms in total. The van der Waals surface area contributed by atoms with Crippen molar-refractivity contribution < 1.29 is 8.42 Å². The molecule has 0 radical (unpaired) electrons. The predicted octanol–water partition coefficient (Wildman–Crippen LogP) is 1.57. The van der Waals surface area contributed by atoms with E-state index in [1.54, 1.807) is 22.6 Å². The zero-order chi connectivity index (χ0) is 18.3. The van der Waals surface area contributed by atoms with E-state index in [1.807, 2.05) is 13.1 Å². The molecule has 0 aliphatic carbocycles. The standard InChI is InChI=1S/C16H29N5O2S2/c1-4-14-11-18-15(24-14)12-19-16(17-5-2)20-13-7-9-21(10-8-13)25(22,23)6-3/h11,13H,4-10,12H2,1-3H3,(H2,17,19,20). The highest BCUT2D eigenvalue weighted by molar-refractivity contribution is 7.89. The molecule has 0 atom stereocenters. The summed E-state index contributed by atoms with van der Waals surface area (Å²) in [5.74, 6) is 0.940. The summed E-state index contributed by atoms with van der Waals surface area (Å²) < 4.78 is 25.5. The van der Waals surface area contributed by atoms with Crippen molar-refractivity contribution in [2.45, 2.75) is 52.6 Å². The number of rotatable bonds is 7. The van der Waals surface area contributed by atoms with E-state index in [1.165, 1.54) is 4.88 Å². The van der Waals surface area contributed by atoms with E-state index in [-0.39, 0.29) is 11.8 Å². The van der Waals surface area contributed by atoms with Crippen LogP contribution in [0.1, 0.15) is 43.5 Å². The van der Waals surface area contributed by atoms with Crippen LogP contribution in [0.25, 0.3) is 0 Å². The quantitative estimate of drug-likeness (QED) is 0.548. The monoisotopic (exact) mass is 387 g/mol. The van der Waals surface area contributed by atoms with Crippen molar-refractivity contribution >= 4 is 27.3 Å². The average Bonchev–Trinajstić information content (AvgIpc) is 3.08. The van der Waals surface area contributed by atoms with E-state index < -0.39 is 10.0 Å². The number of piperidine rings is 1. The summed E-state index contributed by atoms with van der Waals surface area (Å²) in [6.45, 7) is 8.33. The van der Waals surface area contributed by atoms with Crippen LogP contribution in [0.2, 0.25) is 0 Å². The first-order valence-corrected chi connectivity index (χ1v) is 11.4. The van der Waals surface area contributed by atoms with Crippen LogP contribution in [0.4, 0.5) is 0 Å². The normalized spacial score (nSPS) is 17.6. The largest absolute Gasteiger partial charge is 0.357 e. The topological polar surface area (TPSA) is 86.7 Å². The fourth-order valence-electron chi connectivity index (χ4n) is 2.71. The Kier molecular flexibility index (Phi) is 7.64. The molecular weight excluding hydrogens is 358 g/mol. The van der Waals surface area contributed by atoms with Gasteiger partial charge in [0.2, 0.25) is 10.0 Å². The van der Waals surface area contributed by atoms with Gasteiger partial charge in [-0.25, -0.2) is 22.7 Å². The molecule has 25 heavy (non-hydrogen) atoms. The number of guanidine groups is 1. The van der Waals surface area contributed by atoms with Crippen molar-refractivity contribution in [1.29, 1.82) is 0 Å². The number of aliphatic imine (C=N–C) groups is 1. The highest BCUT2D eigenvalue weighted by Crippen LogP contribution is 2.15. The first kappa shape index (κ1) is 20.1. The van der Waals surface area contributed by atoms with Gasteiger partial charge in [0.1, 0.15) is 5.01 Å². The van der Waals surface area contributed by atoms with Crippen LogP contribution in [0.5, 0.6) is 0 Å². The zero-order valence-corrected chi connectivity index (χ0v) is 16.9. The molecule has 142 valence electrons. The fraction of sp³-hybridized carbons (Fsp3) is 0.750. The van der Waals surface area contributed by atoms with Gasteiger partial charge in [0.25, 0.3) is 0 Å². The van der Waals surface area contributed by atoms with Gasteiger partial charge in [-0.15, -0.1) is 11.3 Å². The van der Waals surface area contributed by atoms with E-state index in [4.69, 9.17) is 0 Å². The molecule has 0 aromatic carbocycles. The number of sulfonamides is 1. The Morgan fingerprint density at radius 2 is 2.08 bits per heavy atom. The van der Waals surface area contributed by atoms with Crippen molar-refractivity contribution in [1.82, 2.24) is 19.9 Å². The van der Waals surface area contributed by atoms with Gasteiger partial charge >= 0.3 is 0 Å². The summed E-state index contributed by atoms with van der Waals surface area (Å²) in [4.78, 5) is 10.3. The Labute approximate surface area is 155 Å². The van der Waals surface area contributed by atoms with Gasteiger partial charge in [-0.3, -0.25) is 0 Å². The van der Waals surface area contributed by atoms with Gasteiger partial charge < -0.3 is 10.6 Å². The fourth-order valence-corrected chi connectivity index (χ4v) is 4.62. The lowest BCUT2D eigenvalue weighted by Gasteiger charge is -2.32. The summed E-state index contributed by atoms with van der Waals surface area (Å²) in [5, 5.41) is 7.70. The van der Waals surface area contributed by atoms with Crippen LogP contribution in [0, 0.1) is 0 Å². The molecule has 1 aliphatic rings. The highest BCUT2D eigenvalue weighted by atomic mass is 32.2. The molecule has 1 aliphatic heterocycles. The second-order valence-corrected chi connectivity index (χ2v) is 9.44. The third kappa shape index (κ3) is 5.93. The van der Waals surface area contributed by atoms with Crippen LogP contribution in [-0.2, 0) is 23.0 Å². The zero-order valence-electron chi connectivity index (χ0n) is 15.3. The number of nitrogens with zero attached hydrogens (tertiary/aromatic N) is 3. The van der Waals surface area contributed by atoms with Crippen molar-refractivity contribution in [3.05, 3.63) is 16.1 Å². The van der Waals surface area contributed by atoms with Crippen LogP contribution < -0.4 is 10.6 Å². The number of aromatic nitrogens is 1. The maximum Gasteiger partial charge on any atom is 0.213 e. The molecule has 0 spiro atoms. The number of hydrogen-bond donors (Lipinski definition) is 2. The predicted molar refractivity (Wildman–Crippen MR) is 103 cm³/mol. The van der Waals surface area contributed by atoms with Crippen molar-refractivity contribution in [3.63, 3.8) is 0 Å². The maximum atomic E-state index is 11.9. The number of hydrogen-bond acceptors (Lipinski definition) is 5. The van der Waals surface area contributed by atoms with Crippen molar-refractivity contribution in [2.75, 3.05) is 25.4 Å². The molecule has 1 aromatic rings. The molecule has 1 saturated heterocycles. The van der Waals surface area contributed by atoms with Gasteiger partial charge in [-0.05, 0) is 33.1 Å². The summed E-state index contributed by atoms with van der Waals surface area (Å²) in [6.07, 6.45) is 4.50. The third-order valence-corrected chi connectivity index (χ3v) is 7.23. The summed E-state index contributed by atoms with van der Waals surface area (Å²) in [7, 11) is -3.08.